The van der Waals surface area contributed by atoms with Crippen molar-refractivity contribution in [1.82, 2.24) is 14.3 Å². The van der Waals surface area contributed by atoms with Gasteiger partial charge in [-0.1, -0.05) is 0 Å². The van der Waals surface area contributed by atoms with Gasteiger partial charge in [-0.3, -0.25) is 0 Å². The minimum atomic E-state index is -3.41. The topological polar surface area (TPSA) is 75.2 Å². The highest BCUT2D eigenvalue weighted by Gasteiger charge is 2.17. The van der Waals surface area contributed by atoms with Gasteiger partial charge in [0.15, 0.2) is 5.13 Å². The van der Waals surface area contributed by atoms with Gasteiger partial charge >= 0.3 is 0 Å². The first kappa shape index (κ1) is 18.0. The number of nitrogens with zero attached hydrogens (tertiary/aromatic N) is 3. The summed E-state index contributed by atoms with van der Waals surface area (Å²) in [4.78, 5) is 10.4. The number of thiazole rings is 2. The maximum atomic E-state index is 12.1. The zero-order valence-electron chi connectivity index (χ0n) is 14.3. The van der Waals surface area contributed by atoms with E-state index in [-0.39, 0.29) is 4.90 Å². The molecule has 132 valence electrons. The summed E-state index contributed by atoms with van der Waals surface area (Å²) in [6.45, 7) is 3.96. The van der Waals surface area contributed by atoms with Gasteiger partial charge in [0.25, 0.3) is 0 Å². The second kappa shape index (κ2) is 6.83. The van der Waals surface area contributed by atoms with Crippen LogP contribution in [0.25, 0.3) is 10.6 Å². The van der Waals surface area contributed by atoms with Crippen molar-refractivity contribution < 1.29 is 8.42 Å². The number of sulfonamides is 1. The van der Waals surface area contributed by atoms with E-state index in [1.165, 1.54) is 29.7 Å². The molecule has 0 atom stereocenters. The van der Waals surface area contributed by atoms with Crippen LogP contribution < -0.4 is 5.32 Å². The maximum absolute atomic E-state index is 12.1. The summed E-state index contributed by atoms with van der Waals surface area (Å²) in [5.74, 6) is 0. The molecule has 2 aromatic heterocycles. The lowest BCUT2D eigenvalue weighted by Crippen LogP contribution is -2.22. The number of hydrogen-bond donors (Lipinski definition) is 1. The summed E-state index contributed by atoms with van der Waals surface area (Å²) in [5.41, 5.74) is 2.68. The molecule has 25 heavy (non-hydrogen) atoms. The Labute approximate surface area is 155 Å². The van der Waals surface area contributed by atoms with E-state index in [9.17, 15) is 8.42 Å². The highest BCUT2D eigenvalue weighted by atomic mass is 32.2. The smallest absolute Gasteiger partial charge is 0.242 e. The van der Waals surface area contributed by atoms with Crippen LogP contribution in [-0.2, 0) is 10.0 Å². The van der Waals surface area contributed by atoms with Gasteiger partial charge in [0.05, 0.1) is 26.2 Å². The summed E-state index contributed by atoms with van der Waals surface area (Å²) in [6.07, 6.45) is 0. The van der Waals surface area contributed by atoms with Gasteiger partial charge in [-0.2, -0.15) is 0 Å². The lowest BCUT2D eigenvalue weighted by atomic mass is 10.3. The number of rotatable bonds is 5. The quantitative estimate of drug-likeness (QED) is 0.711. The average Bonchev–Trinajstić information content (AvgIpc) is 3.13. The second-order valence-electron chi connectivity index (χ2n) is 5.62. The molecule has 0 fully saturated rings. The van der Waals surface area contributed by atoms with E-state index in [4.69, 9.17) is 0 Å². The van der Waals surface area contributed by atoms with Crippen LogP contribution in [0.1, 0.15) is 10.7 Å². The molecule has 6 nitrogen and oxygen atoms in total. The van der Waals surface area contributed by atoms with E-state index < -0.39 is 10.0 Å². The van der Waals surface area contributed by atoms with Crippen LogP contribution in [-0.4, -0.2) is 36.8 Å². The van der Waals surface area contributed by atoms with Gasteiger partial charge in [0.2, 0.25) is 10.0 Å². The maximum Gasteiger partial charge on any atom is 0.242 e. The molecule has 3 rings (SSSR count). The molecule has 1 N–H and O–H groups in total. The van der Waals surface area contributed by atoms with Crippen LogP contribution >= 0.6 is 22.7 Å². The van der Waals surface area contributed by atoms with E-state index in [2.05, 4.69) is 15.3 Å². The number of anilines is 2. The normalized spacial score (nSPS) is 11.9. The minimum Gasteiger partial charge on any atom is -0.332 e. The predicted molar refractivity (Wildman–Crippen MR) is 103 cm³/mol. The van der Waals surface area contributed by atoms with Crippen molar-refractivity contribution in [2.45, 2.75) is 18.7 Å². The van der Waals surface area contributed by atoms with E-state index in [0.717, 1.165) is 32.1 Å². The van der Waals surface area contributed by atoms with E-state index in [0.29, 0.717) is 0 Å². The standard InChI is InChI=1S/C16H18N4O2S3/c1-10-15(24-11(2)17-10)14-9-23-16(19-14)18-12-5-7-13(8-6-12)25(21,22)20(3)4/h5-9H,1-4H3,(H,18,19). The molecule has 0 amide bonds. The molecule has 0 spiro atoms. The summed E-state index contributed by atoms with van der Waals surface area (Å²) in [7, 11) is -0.383. The van der Waals surface area contributed by atoms with Crippen molar-refractivity contribution in [3.8, 4) is 10.6 Å². The third kappa shape index (κ3) is 3.74. The molecule has 0 bridgehead atoms. The third-order valence-electron chi connectivity index (χ3n) is 3.52. The van der Waals surface area contributed by atoms with Crippen LogP contribution in [0.4, 0.5) is 10.8 Å². The zero-order chi connectivity index (χ0) is 18.2. The molecule has 0 radical (unpaired) electrons. The lowest BCUT2D eigenvalue weighted by Gasteiger charge is -2.11. The van der Waals surface area contributed by atoms with Crippen LogP contribution in [0.15, 0.2) is 34.5 Å². The Balaban J connectivity index is 1.79. The summed E-state index contributed by atoms with van der Waals surface area (Å²) in [6, 6.07) is 6.64. The molecule has 0 aliphatic heterocycles. The van der Waals surface area contributed by atoms with Crippen molar-refractivity contribution in [3.05, 3.63) is 40.3 Å². The number of aryl methyl sites for hydroxylation is 2. The van der Waals surface area contributed by atoms with E-state index in [1.54, 1.807) is 35.6 Å². The molecular formula is C16H18N4O2S3. The Bertz CT molecular complexity index is 989. The molecule has 0 saturated heterocycles. The van der Waals surface area contributed by atoms with Crippen LogP contribution in [0.5, 0.6) is 0 Å². The Kier molecular flexibility index (Phi) is 4.92. The SMILES string of the molecule is Cc1nc(C)c(-c2csc(Nc3ccc(S(=O)(=O)N(C)C)cc3)n2)s1. The largest absolute Gasteiger partial charge is 0.332 e. The van der Waals surface area contributed by atoms with Crippen molar-refractivity contribution in [2.24, 2.45) is 0 Å². The number of nitrogens with one attached hydrogen (secondary N) is 1. The number of aromatic nitrogens is 2. The Morgan fingerprint density at radius 1 is 1.08 bits per heavy atom. The average molecular weight is 395 g/mol. The molecule has 0 unspecified atom stereocenters. The molecule has 1 aromatic carbocycles. The summed E-state index contributed by atoms with van der Waals surface area (Å²) in [5, 5.41) is 6.98. The fourth-order valence-electron chi connectivity index (χ4n) is 2.25. The monoisotopic (exact) mass is 394 g/mol. The summed E-state index contributed by atoms with van der Waals surface area (Å²) < 4.78 is 25.4. The van der Waals surface area contributed by atoms with Gasteiger partial charge in [-0.15, -0.1) is 22.7 Å². The zero-order valence-corrected chi connectivity index (χ0v) is 16.7. The van der Waals surface area contributed by atoms with Crippen molar-refractivity contribution in [3.63, 3.8) is 0 Å². The first-order valence-corrected chi connectivity index (χ1v) is 10.6. The Morgan fingerprint density at radius 2 is 1.76 bits per heavy atom. The van der Waals surface area contributed by atoms with Gasteiger partial charge in [0.1, 0.15) is 0 Å². The Morgan fingerprint density at radius 3 is 2.32 bits per heavy atom. The third-order valence-corrected chi connectivity index (χ3v) is 7.21. The lowest BCUT2D eigenvalue weighted by molar-refractivity contribution is 0.521. The molecule has 0 aliphatic carbocycles. The number of hydrogen-bond acceptors (Lipinski definition) is 7. The minimum absolute atomic E-state index is 0.263. The molecule has 2 heterocycles. The Hall–Kier alpha value is -1.81. The number of benzene rings is 1. The van der Waals surface area contributed by atoms with E-state index >= 15 is 0 Å². The van der Waals surface area contributed by atoms with Crippen molar-refractivity contribution in [1.29, 1.82) is 0 Å². The predicted octanol–water partition coefficient (Wildman–Crippen LogP) is 3.88. The van der Waals surface area contributed by atoms with Gasteiger partial charge < -0.3 is 5.32 Å². The summed E-state index contributed by atoms with van der Waals surface area (Å²) >= 11 is 3.13. The fourth-order valence-corrected chi connectivity index (χ4v) is 4.83. The van der Waals surface area contributed by atoms with Crippen LogP contribution in [0.2, 0.25) is 0 Å². The first-order chi connectivity index (χ1) is 11.8. The van der Waals surface area contributed by atoms with Crippen LogP contribution in [0, 0.1) is 13.8 Å². The van der Waals surface area contributed by atoms with Gasteiger partial charge in [-0.25, -0.2) is 22.7 Å². The molecule has 0 saturated carbocycles. The molecule has 3 aromatic rings. The fraction of sp³-hybridized carbons (Fsp3) is 0.250. The highest BCUT2D eigenvalue weighted by Crippen LogP contribution is 2.33. The second-order valence-corrected chi connectivity index (χ2v) is 9.84. The van der Waals surface area contributed by atoms with Gasteiger partial charge in [-0.05, 0) is 38.1 Å². The van der Waals surface area contributed by atoms with E-state index in [1.807, 2.05) is 19.2 Å². The van der Waals surface area contributed by atoms with Gasteiger partial charge in [0, 0.05) is 25.2 Å². The molecule has 0 aliphatic rings. The van der Waals surface area contributed by atoms with Crippen molar-refractivity contribution in [2.75, 3.05) is 19.4 Å². The molecular weight excluding hydrogens is 376 g/mol. The van der Waals surface area contributed by atoms with Crippen molar-refractivity contribution >= 4 is 43.5 Å². The first-order valence-electron chi connectivity index (χ1n) is 7.47. The highest BCUT2D eigenvalue weighted by molar-refractivity contribution is 7.89. The van der Waals surface area contributed by atoms with Crippen LogP contribution in [0.3, 0.4) is 0 Å². The molecule has 9 heteroatoms.